The molecule has 2 N–H and O–H groups in total. The number of aryl methyl sites for hydroxylation is 1. The van der Waals surface area contributed by atoms with Crippen LogP contribution in [0.4, 0.5) is 5.13 Å². The number of amides is 2. The predicted molar refractivity (Wildman–Crippen MR) is 98.1 cm³/mol. The molecule has 4 rings (SSSR count). The van der Waals surface area contributed by atoms with Gasteiger partial charge < -0.3 is 9.73 Å². The Morgan fingerprint density at radius 3 is 2.96 bits per heavy atom. The number of carbonyl (C=O) groups is 2. The van der Waals surface area contributed by atoms with Crippen molar-refractivity contribution in [1.29, 1.82) is 0 Å². The third-order valence-corrected chi connectivity index (χ3v) is 5.13. The van der Waals surface area contributed by atoms with E-state index < -0.39 is 0 Å². The number of benzene rings is 1. The van der Waals surface area contributed by atoms with Gasteiger partial charge in [-0.05, 0) is 36.1 Å². The predicted octanol–water partition coefficient (Wildman–Crippen LogP) is 3.33. The summed E-state index contributed by atoms with van der Waals surface area (Å²) in [4.78, 5) is 28.6. The molecule has 6 nitrogen and oxygen atoms in total. The van der Waals surface area contributed by atoms with Gasteiger partial charge in [-0.15, -0.1) is 11.3 Å². The lowest BCUT2D eigenvalue weighted by atomic mass is 10.1. The van der Waals surface area contributed by atoms with Crippen LogP contribution in [0.25, 0.3) is 0 Å². The van der Waals surface area contributed by atoms with Crippen molar-refractivity contribution in [3.8, 4) is 0 Å². The maximum atomic E-state index is 12.3. The minimum absolute atomic E-state index is 0.0652. The molecule has 7 heteroatoms. The van der Waals surface area contributed by atoms with Crippen molar-refractivity contribution in [2.75, 3.05) is 5.32 Å². The van der Waals surface area contributed by atoms with E-state index in [0.717, 1.165) is 12.8 Å². The number of thiazole rings is 1. The molecule has 0 saturated carbocycles. The van der Waals surface area contributed by atoms with E-state index in [0.29, 0.717) is 10.8 Å². The fraction of sp³-hybridized carbons (Fsp3) is 0.211. The number of rotatable bonds is 5. The number of fused-ring (bicyclic) bond motifs is 1. The number of anilines is 1. The molecule has 0 saturated heterocycles. The fourth-order valence-corrected chi connectivity index (χ4v) is 3.83. The van der Waals surface area contributed by atoms with E-state index in [4.69, 9.17) is 4.42 Å². The minimum Gasteiger partial charge on any atom is -0.459 e. The van der Waals surface area contributed by atoms with E-state index in [2.05, 4.69) is 27.8 Å². The number of furan rings is 1. The Hall–Kier alpha value is -2.93. The van der Waals surface area contributed by atoms with Crippen LogP contribution in [0.2, 0.25) is 0 Å². The smallest absolute Gasteiger partial charge is 0.293 e. The number of hydrogen-bond acceptors (Lipinski definition) is 5. The molecule has 3 aromatic rings. The van der Waals surface area contributed by atoms with Crippen molar-refractivity contribution in [2.45, 2.75) is 25.3 Å². The Kier molecular flexibility index (Phi) is 4.53. The summed E-state index contributed by atoms with van der Waals surface area (Å²) in [5.74, 6) is -0.205. The van der Waals surface area contributed by atoms with Crippen LogP contribution >= 0.6 is 11.3 Å². The Morgan fingerprint density at radius 2 is 2.12 bits per heavy atom. The SMILES string of the molecule is O=C(Cc1csc(NC(=O)c2ccco2)n1)N[C@@H]1CCc2ccccc21. The summed E-state index contributed by atoms with van der Waals surface area (Å²) in [5, 5.41) is 7.97. The standard InChI is InChI=1S/C19H17N3O3S/c23-17(21-15-8-7-12-4-1-2-5-14(12)15)10-13-11-26-19(20-13)22-18(24)16-6-3-9-25-16/h1-6,9,11,15H,7-8,10H2,(H,21,23)(H,20,22,24)/t15-/m1/s1. The second-order valence-electron chi connectivity index (χ2n) is 6.11. The van der Waals surface area contributed by atoms with Crippen LogP contribution in [-0.2, 0) is 17.6 Å². The average Bonchev–Trinajstić information content (AvgIpc) is 3.37. The van der Waals surface area contributed by atoms with E-state index in [1.807, 2.05) is 12.1 Å². The van der Waals surface area contributed by atoms with E-state index in [1.165, 1.54) is 28.7 Å². The Labute approximate surface area is 154 Å². The van der Waals surface area contributed by atoms with E-state index in [-0.39, 0.29) is 30.0 Å². The first-order valence-corrected chi connectivity index (χ1v) is 9.23. The van der Waals surface area contributed by atoms with Gasteiger partial charge in [0.25, 0.3) is 5.91 Å². The zero-order valence-electron chi connectivity index (χ0n) is 13.9. The number of aromatic nitrogens is 1. The van der Waals surface area contributed by atoms with Gasteiger partial charge in [-0.2, -0.15) is 0 Å². The van der Waals surface area contributed by atoms with Crippen LogP contribution < -0.4 is 10.6 Å². The molecule has 0 fully saturated rings. The summed E-state index contributed by atoms with van der Waals surface area (Å²) in [6.45, 7) is 0. The highest BCUT2D eigenvalue weighted by molar-refractivity contribution is 7.14. The summed E-state index contributed by atoms with van der Waals surface area (Å²) in [5.41, 5.74) is 3.13. The van der Waals surface area contributed by atoms with Gasteiger partial charge in [0, 0.05) is 5.38 Å². The summed E-state index contributed by atoms with van der Waals surface area (Å²) < 4.78 is 5.04. The Morgan fingerprint density at radius 1 is 1.23 bits per heavy atom. The lowest BCUT2D eigenvalue weighted by molar-refractivity contribution is -0.121. The van der Waals surface area contributed by atoms with Crippen LogP contribution in [0.15, 0.2) is 52.5 Å². The third-order valence-electron chi connectivity index (χ3n) is 4.33. The van der Waals surface area contributed by atoms with E-state index >= 15 is 0 Å². The van der Waals surface area contributed by atoms with Crippen LogP contribution in [0.3, 0.4) is 0 Å². The van der Waals surface area contributed by atoms with Gasteiger partial charge in [0.15, 0.2) is 10.9 Å². The average molecular weight is 367 g/mol. The molecular weight excluding hydrogens is 350 g/mol. The summed E-state index contributed by atoms with van der Waals surface area (Å²) in [6.07, 6.45) is 3.53. The van der Waals surface area contributed by atoms with Gasteiger partial charge in [0.2, 0.25) is 5.91 Å². The maximum absolute atomic E-state index is 12.3. The first-order valence-electron chi connectivity index (χ1n) is 8.35. The van der Waals surface area contributed by atoms with Crippen LogP contribution in [0.5, 0.6) is 0 Å². The first kappa shape index (κ1) is 16.5. The summed E-state index contributed by atoms with van der Waals surface area (Å²) >= 11 is 1.28. The van der Waals surface area contributed by atoms with E-state index in [1.54, 1.807) is 17.5 Å². The molecule has 0 aliphatic heterocycles. The molecule has 0 bridgehead atoms. The third kappa shape index (κ3) is 3.52. The van der Waals surface area contributed by atoms with Crippen LogP contribution in [-0.4, -0.2) is 16.8 Å². The van der Waals surface area contributed by atoms with Gasteiger partial charge >= 0.3 is 0 Å². The molecule has 2 amide bonds. The molecule has 1 aliphatic carbocycles. The monoisotopic (exact) mass is 367 g/mol. The highest BCUT2D eigenvalue weighted by atomic mass is 32.1. The zero-order chi connectivity index (χ0) is 17.9. The van der Waals surface area contributed by atoms with Gasteiger partial charge in [-0.25, -0.2) is 4.98 Å². The van der Waals surface area contributed by atoms with Gasteiger partial charge in [0.1, 0.15) is 0 Å². The van der Waals surface area contributed by atoms with Gasteiger partial charge in [-0.3, -0.25) is 14.9 Å². The number of nitrogens with zero attached hydrogens (tertiary/aromatic N) is 1. The quantitative estimate of drug-likeness (QED) is 0.724. The molecule has 1 atom stereocenters. The molecule has 132 valence electrons. The molecule has 0 radical (unpaired) electrons. The Bertz CT molecular complexity index is 933. The molecule has 0 spiro atoms. The topological polar surface area (TPSA) is 84.2 Å². The van der Waals surface area contributed by atoms with Crippen molar-refractivity contribution >= 4 is 28.3 Å². The fourth-order valence-electron chi connectivity index (χ4n) is 3.13. The second-order valence-corrected chi connectivity index (χ2v) is 6.97. The van der Waals surface area contributed by atoms with Crippen LogP contribution in [0.1, 0.15) is 39.8 Å². The molecule has 1 aliphatic rings. The molecular formula is C19H17N3O3S. The van der Waals surface area contributed by atoms with Crippen LogP contribution in [0, 0.1) is 0 Å². The molecule has 0 unspecified atom stereocenters. The summed E-state index contributed by atoms with van der Waals surface area (Å²) in [7, 11) is 0. The molecule has 1 aromatic carbocycles. The highest BCUT2D eigenvalue weighted by Gasteiger charge is 2.23. The van der Waals surface area contributed by atoms with E-state index in [9.17, 15) is 9.59 Å². The lowest BCUT2D eigenvalue weighted by Gasteiger charge is -2.13. The molecule has 2 aromatic heterocycles. The highest BCUT2D eigenvalue weighted by Crippen LogP contribution is 2.30. The van der Waals surface area contributed by atoms with Crippen molar-refractivity contribution in [3.05, 3.63) is 70.6 Å². The number of nitrogens with one attached hydrogen (secondary N) is 2. The normalized spacial score (nSPS) is 15.5. The molecule has 26 heavy (non-hydrogen) atoms. The number of carbonyl (C=O) groups excluding carboxylic acids is 2. The minimum atomic E-state index is -0.358. The Balaban J connectivity index is 1.34. The van der Waals surface area contributed by atoms with Crippen molar-refractivity contribution in [2.24, 2.45) is 0 Å². The largest absolute Gasteiger partial charge is 0.459 e. The zero-order valence-corrected chi connectivity index (χ0v) is 14.7. The van der Waals surface area contributed by atoms with Crippen molar-refractivity contribution < 1.29 is 14.0 Å². The lowest BCUT2D eigenvalue weighted by Crippen LogP contribution is -2.28. The van der Waals surface area contributed by atoms with Crippen molar-refractivity contribution in [1.82, 2.24) is 10.3 Å². The number of hydrogen-bond donors (Lipinski definition) is 2. The molecule has 2 heterocycles. The van der Waals surface area contributed by atoms with Crippen molar-refractivity contribution in [3.63, 3.8) is 0 Å². The second kappa shape index (κ2) is 7.13. The summed E-state index contributed by atoms with van der Waals surface area (Å²) in [6, 6.07) is 11.5. The maximum Gasteiger partial charge on any atom is 0.293 e. The van der Waals surface area contributed by atoms with Gasteiger partial charge in [-0.1, -0.05) is 24.3 Å². The first-order chi connectivity index (χ1) is 12.7. The van der Waals surface area contributed by atoms with Gasteiger partial charge in [0.05, 0.1) is 24.4 Å².